The Balaban J connectivity index is 1.60. The van der Waals surface area contributed by atoms with E-state index in [1.807, 2.05) is 0 Å². The summed E-state index contributed by atoms with van der Waals surface area (Å²) in [7, 11) is 0. The summed E-state index contributed by atoms with van der Waals surface area (Å²) in [5, 5.41) is 6.89. The standard InChI is InChI=1S/C17H16ClF3N4O2/c18-14-4-2-1-3-11(14)6-22-16(27)12-5-15(26)25(8-12)13-7-23-24(9-13)10-17(19,20)21/h1-4,7,9,12H,5-6,8,10H2,(H,22,27)/t12-/m1/s1. The maximum atomic E-state index is 12.4. The van der Waals surface area contributed by atoms with Gasteiger partial charge in [-0.05, 0) is 11.6 Å². The number of nitrogens with one attached hydrogen (secondary N) is 1. The molecule has 144 valence electrons. The van der Waals surface area contributed by atoms with Crippen LogP contribution in [0.5, 0.6) is 0 Å². The smallest absolute Gasteiger partial charge is 0.352 e. The molecule has 0 spiro atoms. The van der Waals surface area contributed by atoms with Gasteiger partial charge in [0.2, 0.25) is 11.8 Å². The molecule has 0 aliphatic carbocycles. The monoisotopic (exact) mass is 400 g/mol. The summed E-state index contributed by atoms with van der Waals surface area (Å²) in [6.45, 7) is -0.922. The zero-order valence-corrected chi connectivity index (χ0v) is 14.8. The molecule has 0 unspecified atom stereocenters. The Morgan fingerprint density at radius 1 is 1.33 bits per heavy atom. The maximum Gasteiger partial charge on any atom is 0.408 e. The number of anilines is 1. The van der Waals surface area contributed by atoms with E-state index in [1.54, 1.807) is 24.3 Å². The topological polar surface area (TPSA) is 67.2 Å². The highest BCUT2D eigenvalue weighted by atomic mass is 35.5. The van der Waals surface area contributed by atoms with Gasteiger partial charge in [-0.15, -0.1) is 0 Å². The summed E-state index contributed by atoms with van der Waals surface area (Å²) >= 11 is 6.04. The Morgan fingerprint density at radius 2 is 2.07 bits per heavy atom. The lowest BCUT2D eigenvalue weighted by Crippen LogP contribution is -2.32. The lowest BCUT2D eigenvalue weighted by molar-refractivity contribution is -0.142. The number of hydrogen-bond donors (Lipinski definition) is 1. The molecule has 1 aliphatic rings. The van der Waals surface area contributed by atoms with Crippen LogP contribution in [0, 0.1) is 5.92 Å². The van der Waals surface area contributed by atoms with Crippen molar-refractivity contribution in [3.05, 3.63) is 47.2 Å². The van der Waals surface area contributed by atoms with Gasteiger partial charge < -0.3 is 10.2 Å². The number of nitrogens with zero attached hydrogens (tertiary/aromatic N) is 3. The number of aromatic nitrogens is 2. The van der Waals surface area contributed by atoms with Crippen molar-refractivity contribution in [3.8, 4) is 0 Å². The van der Waals surface area contributed by atoms with Crippen molar-refractivity contribution in [1.82, 2.24) is 15.1 Å². The van der Waals surface area contributed by atoms with Gasteiger partial charge in [0.25, 0.3) is 0 Å². The second kappa shape index (κ2) is 7.59. The van der Waals surface area contributed by atoms with Crippen LogP contribution in [-0.2, 0) is 22.7 Å². The Kier molecular flexibility index (Phi) is 5.41. The molecule has 0 saturated carbocycles. The third-order valence-electron chi connectivity index (χ3n) is 4.18. The van der Waals surface area contributed by atoms with E-state index in [4.69, 9.17) is 11.6 Å². The molecular weight excluding hydrogens is 385 g/mol. The first kappa shape index (κ1) is 19.2. The maximum absolute atomic E-state index is 12.4. The number of benzene rings is 1. The van der Waals surface area contributed by atoms with E-state index >= 15 is 0 Å². The van der Waals surface area contributed by atoms with Crippen molar-refractivity contribution in [2.75, 3.05) is 11.4 Å². The molecule has 2 amide bonds. The van der Waals surface area contributed by atoms with Gasteiger partial charge in [0.15, 0.2) is 0 Å². The van der Waals surface area contributed by atoms with Crippen molar-refractivity contribution in [1.29, 1.82) is 0 Å². The molecule has 1 aliphatic heterocycles. The van der Waals surface area contributed by atoms with E-state index in [0.717, 1.165) is 11.8 Å². The summed E-state index contributed by atoms with van der Waals surface area (Å²) in [5.41, 5.74) is 0.993. The number of halogens is 4. The number of alkyl halides is 3. The fourth-order valence-corrected chi connectivity index (χ4v) is 3.07. The molecular formula is C17H16ClF3N4O2. The zero-order chi connectivity index (χ0) is 19.6. The molecule has 0 radical (unpaired) electrons. The lowest BCUT2D eigenvalue weighted by Gasteiger charge is -2.14. The molecule has 1 N–H and O–H groups in total. The molecule has 1 fully saturated rings. The minimum Gasteiger partial charge on any atom is -0.352 e. The SMILES string of the molecule is O=C(NCc1ccccc1Cl)[C@@H]1CC(=O)N(c2cnn(CC(F)(F)F)c2)C1. The second-order valence-electron chi connectivity index (χ2n) is 6.23. The second-order valence-corrected chi connectivity index (χ2v) is 6.63. The van der Waals surface area contributed by atoms with Crippen LogP contribution in [0.15, 0.2) is 36.7 Å². The average Bonchev–Trinajstić information content (AvgIpc) is 3.18. The quantitative estimate of drug-likeness (QED) is 0.839. The largest absolute Gasteiger partial charge is 0.408 e. The molecule has 1 aromatic carbocycles. The van der Waals surface area contributed by atoms with Crippen LogP contribution in [0.3, 0.4) is 0 Å². The van der Waals surface area contributed by atoms with E-state index < -0.39 is 18.6 Å². The molecule has 6 nitrogen and oxygen atoms in total. The van der Waals surface area contributed by atoms with Crippen molar-refractivity contribution < 1.29 is 22.8 Å². The van der Waals surface area contributed by atoms with E-state index in [2.05, 4.69) is 10.4 Å². The van der Waals surface area contributed by atoms with Gasteiger partial charge in [-0.2, -0.15) is 18.3 Å². The normalized spacial score (nSPS) is 17.4. The van der Waals surface area contributed by atoms with Gasteiger partial charge in [-0.3, -0.25) is 14.3 Å². The number of rotatable bonds is 5. The average molecular weight is 401 g/mol. The van der Waals surface area contributed by atoms with Gasteiger partial charge in [-0.25, -0.2) is 0 Å². The molecule has 1 atom stereocenters. The summed E-state index contributed by atoms with van der Waals surface area (Å²) in [6.07, 6.45) is -2.08. The molecule has 1 aromatic heterocycles. The fraction of sp³-hybridized carbons (Fsp3) is 0.353. The van der Waals surface area contributed by atoms with E-state index in [-0.39, 0.29) is 37.0 Å². The van der Waals surface area contributed by atoms with Gasteiger partial charge in [0.05, 0.1) is 17.8 Å². The minimum atomic E-state index is -4.40. The zero-order valence-electron chi connectivity index (χ0n) is 14.0. The highest BCUT2D eigenvalue weighted by Crippen LogP contribution is 2.26. The Hall–Kier alpha value is -2.55. The summed E-state index contributed by atoms with van der Waals surface area (Å²) in [6, 6.07) is 7.07. The Labute approximate surface area is 157 Å². The van der Waals surface area contributed by atoms with Crippen molar-refractivity contribution in [3.63, 3.8) is 0 Å². The van der Waals surface area contributed by atoms with Crippen LogP contribution in [-0.4, -0.2) is 34.3 Å². The van der Waals surface area contributed by atoms with Crippen molar-refractivity contribution in [2.24, 2.45) is 5.92 Å². The number of carbonyl (C=O) groups is 2. The van der Waals surface area contributed by atoms with Gasteiger partial charge in [0, 0.05) is 30.7 Å². The van der Waals surface area contributed by atoms with Crippen molar-refractivity contribution in [2.45, 2.75) is 25.7 Å². The van der Waals surface area contributed by atoms with Gasteiger partial charge in [-0.1, -0.05) is 29.8 Å². The summed E-state index contributed by atoms with van der Waals surface area (Å²) < 4.78 is 38.0. The first-order valence-corrected chi connectivity index (χ1v) is 8.51. The highest BCUT2D eigenvalue weighted by Gasteiger charge is 2.36. The van der Waals surface area contributed by atoms with E-state index in [9.17, 15) is 22.8 Å². The lowest BCUT2D eigenvalue weighted by atomic mass is 10.1. The highest BCUT2D eigenvalue weighted by molar-refractivity contribution is 6.31. The number of hydrogen-bond acceptors (Lipinski definition) is 3. The van der Waals surface area contributed by atoms with Crippen LogP contribution in [0.1, 0.15) is 12.0 Å². The summed E-state index contributed by atoms with van der Waals surface area (Å²) in [5.74, 6) is -1.24. The van der Waals surface area contributed by atoms with Crippen molar-refractivity contribution >= 4 is 29.1 Å². The van der Waals surface area contributed by atoms with Gasteiger partial charge >= 0.3 is 6.18 Å². The first-order chi connectivity index (χ1) is 12.7. The predicted octanol–water partition coefficient (Wildman–Crippen LogP) is 2.77. The van der Waals surface area contributed by atoms with Crippen LogP contribution in [0.25, 0.3) is 0 Å². The molecule has 1 saturated heterocycles. The molecule has 27 heavy (non-hydrogen) atoms. The predicted molar refractivity (Wildman–Crippen MR) is 92.0 cm³/mol. The molecule has 0 bridgehead atoms. The molecule has 10 heteroatoms. The molecule has 2 aromatic rings. The Bertz CT molecular complexity index is 853. The van der Waals surface area contributed by atoms with E-state index in [1.165, 1.54) is 11.1 Å². The van der Waals surface area contributed by atoms with Crippen LogP contribution in [0.2, 0.25) is 5.02 Å². The van der Waals surface area contributed by atoms with Crippen LogP contribution >= 0.6 is 11.6 Å². The molecule has 2 heterocycles. The van der Waals surface area contributed by atoms with Gasteiger partial charge in [0.1, 0.15) is 6.54 Å². The van der Waals surface area contributed by atoms with Crippen LogP contribution < -0.4 is 10.2 Å². The number of carbonyl (C=O) groups excluding carboxylic acids is 2. The third-order valence-corrected chi connectivity index (χ3v) is 4.55. The first-order valence-electron chi connectivity index (χ1n) is 8.13. The van der Waals surface area contributed by atoms with E-state index in [0.29, 0.717) is 9.70 Å². The minimum absolute atomic E-state index is 0.0151. The summed E-state index contributed by atoms with van der Waals surface area (Å²) in [4.78, 5) is 25.8. The third kappa shape index (κ3) is 4.79. The van der Waals surface area contributed by atoms with Crippen LogP contribution in [0.4, 0.5) is 18.9 Å². The number of amides is 2. The Morgan fingerprint density at radius 3 is 2.78 bits per heavy atom. The molecule has 3 rings (SSSR count). The fourth-order valence-electron chi connectivity index (χ4n) is 2.86.